The Morgan fingerprint density at radius 2 is 1.76 bits per heavy atom. The van der Waals surface area contributed by atoms with E-state index in [0.29, 0.717) is 13.4 Å². The summed E-state index contributed by atoms with van der Waals surface area (Å²) < 4.78 is 16.4. The van der Waals surface area contributed by atoms with Crippen molar-refractivity contribution in [2.24, 2.45) is 0 Å². The average Bonchev–Trinajstić information content (AvgIpc) is 2.97. The molecule has 0 atom stereocenters. The van der Waals surface area contributed by atoms with Crippen LogP contribution in [0.25, 0.3) is 0 Å². The van der Waals surface area contributed by atoms with E-state index in [9.17, 15) is 0 Å². The van der Waals surface area contributed by atoms with Crippen LogP contribution < -0.4 is 9.47 Å². The van der Waals surface area contributed by atoms with E-state index in [-0.39, 0.29) is 0 Å². The standard InChI is InChI=1S/C18H26O3/c1-2-3-4-5-6-7-8-9-12-19-14-16-10-11-17-18(13-16)21-15-20-17/h2,10-11,13H,1,3-9,12,14-15H2. The van der Waals surface area contributed by atoms with Gasteiger partial charge in [-0.2, -0.15) is 0 Å². The highest BCUT2D eigenvalue weighted by molar-refractivity contribution is 5.44. The number of benzene rings is 1. The van der Waals surface area contributed by atoms with E-state index in [2.05, 4.69) is 6.58 Å². The first kappa shape index (κ1) is 15.9. The van der Waals surface area contributed by atoms with Gasteiger partial charge in [-0.25, -0.2) is 0 Å². The highest BCUT2D eigenvalue weighted by Gasteiger charge is 2.12. The molecule has 3 nitrogen and oxygen atoms in total. The molecule has 0 unspecified atom stereocenters. The Bertz CT molecular complexity index is 428. The van der Waals surface area contributed by atoms with Crippen molar-refractivity contribution in [3.05, 3.63) is 36.4 Å². The molecular formula is C18H26O3. The summed E-state index contributed by atoms with van der Waals surface area (Å²) in [5.41, 5.74) is 1.14. The lowest BCUT2D eigenvalue weighted by atomic mass is 10.1. The normalized spacial score (nSPS) is 12.6. The molecule has 0 aromatic heterocycles. The molecule has 116 valence electrons. The lowest BCUT2D eigenvalue weighted by Gasteiger charge is -2.05. The van der Waals surface area contributed by atoms with Gasteiger partial charge in [0.2, 0.25) is 6.79 Å². The third-order valence-corrected chi connectivity index (χ3v) is 3.65. The van der Waals surface area contributed by atoms with E-state index in [0.717, 1.165) is 36.5 Å². The summed E-state index contributed by atoms with van der Waals surface area (Å²) in [7, 11) is 0. The van der Waals surface area contributed by atoms with Crippen LogP contribution in [0.3, 0.4) is 0 Å². The fourth-order valence-corrected chi connectivity index (χ4v) is 2.42. The zero-order valence-corrected chi connectivity index (χ0v) is 12.8. The summed E-state index contributed by atoms with van der Waals surface area (Å²) >= 11 is 0. The van der Waals surface area contributed by atoms with Gasteiger partial charge in [0.05, 0.1) is 6.61 Å². The molecule has 0 saturated heterocycles. The number of ether oxygens (including phenoxy) is 3. The second-order valence-electron chi connectivity index (χ2n) is 5.44. The molecule has 0 radical (unpaired) electrons. The fraction of sp³-hybridized carbons (Fsp3) is 0.556. The van der Waals surface area contributed by atoms with E-state index >= 15 is 0 Å². The van der Waals surface area contributed by atoms with E-state index in [1.54, 1.807) is 0 Å². The van der Waals surface area contributed by atoms with Gasteiger partial charge >= 0.3 is 0 Å². The molecular weight excluding hydrogens is 264 g/mol. The van der Waals surface area contributed by atoms with Crippen molar-refractivity contribution in [1.82, 2.24) is 0 Å². The second-order valence-corrected chi connectivity index (χ2v) is 5.44. The van der Waals surface area contributed by atoms with Crippen molar-refractivity contribution in [3.63, 3.8) is 0 Å². The predicted molar refractivity (Wildman–Crippen MR) is 84.7 cm³/mol. The number of unbranched alkanes of at least 4 members (excludes halogenated alkanes) is 6. The van der Waals surface area contributed by atoms with Crippen LogP contribution >= 0.6 is 0 Å². The molecule has 3 heteroatoms. The van der Waals surface area contributed by atoms with Gasteiger partial charge in [-0.1, -0.05) is 37.8 Å². The lowest BCUT2D eigenvalue weighted by molar-refractivity contribution is 0.116. The number of hydrogen-bond donors (Lipinski definition) is 0. The molecule has 0 N–H and O–H groups in total. The van der Waals surface area contributed by atoms with E-state index in [4.69, 9.17) is 14.2 Å². The summed E-state index contributed by atoms with van der Waals surface area (Å²) in [6, 6.07) is 5.99. The predicted octanol–water partition coefficient (Wildman–Crippen LogP) is 4.85. The van der Waals surface area contributed by atoms with E-state index < -0.39 is 0 Å². The largest absolute Gasteiger partial charge is 0.454 e. The summed E-state index contributed by atoms with van der Waals surface area (Å²) in [5, 5.41) is 0. The third kappa shape index (κ3) is 5.80. The van der Waals surface area contributed by atoms with Crippen molar-refractivity contribution >= 4 is 0 Å². The molecule has 0 spiro atoms. The highest BCUT2D eigenvalue weighted by atomic mass is 16.7. The van der Waals surface area contributed by atoms with Gasteiger partial charge in [-0.05, 0) is 37.0 Å². The van der Waals surface area contributed by atoms with Crippen LogP contribution in [-0.2, 0) is 11.3 Å². The molecule has 1 aromatic rings. The Balaban J connectivity index is 1.47. The molecule has 0 bridgehead atoms. The molecule has 0 saturated carbocycles. The Kier molecular flexibility index (Phi) is 7.16. The van der Waals surface area contributed by atoms with Gasteiger partial charge in [-0.3, -0.25) is 0 Å². The Morgan fingerprint density at radius 1 is 1.00 bits per heavy atom. The Hall–Kier alpha value is -1.48. The molecule has 0 aliphatic carbocycles. The lowest BCUT2D eigenvalue weighted by Crippen LogP contribution is -1.96. The van der Waals surface area contributed by atoms with Gasteiger partial charge in [0, 0.05) is 6.61 Å². The van der Waals surface area contributed by atoms with Crippen LogP contribution in [0.4, 0.5) is 0 Å². The van der Waals surface area contributed by atoms with Crippen molar-refractivity contribution in [3.8, 4) is 11.5 Å². The Labute approximate surface area is 127 Å². The van der Waals surface area contributed by atoms with Crippen molar-refractivity contribution in [2.45, 2.75) is 51.6 Å². The second kappa shape index (κ2) is 9.46. The van der Waals surface area contributed by atoms with Gasteiger partial charge in [-0.15, -0.1) is 6.58 Å². The summed E-state index contributed by atoms with van der Waals surface area (Å²) in [4.78, 5) is 0. The fourth-order valence-electron chi connectivity index (χ4n) is 2.42. The number of hydrogen-bond acceptors (Lipinski definition) is 3. The van der Waals surface area contributed by atoms with Gasteiger partial charge in [0.15, 0.2) is 11.5 Å². The molecule has 1 aliphatic heterocycles. The topological polar surface area (TPSA) is 27.7 Å². The highest BCUT2D eigenvalue weighted by Crippen LogP contribution is 2.32. The van der Waals surface area contributed by atoms with Gasteiger partial charge in [0.1, 0.15) is 0 Å². The Morgan fingerprint density at radius 3 is 2.62 bits per heavy atom. The maximum absolute atomic E-state index is 5.71. The zero-order valence-electron chi connectivity index (χ0n) is 12.8. The van der Waals surface area contributed by atoms with Crippen molar-refractivity contribution < 1.29 is 14.2 Å². The monoisotopic (exact) mass is 290 g/mol. The maximum atomic E-state index is 5.71. The molecule has 0 amide bonds. The van der Waals surface area contributed by atoms with Crippen LogP contribution in [0.1, 0.15) is 50.5 Å². The first-order valence-corrected chi connectivity index (χ1v) is 7.97. The maximum Gasteiger partial charge on any atom is 0.231 e. The van der Waals surface area contributed by atoms with E-state index in [1.165, 1.54) is 32.1 Å². The van der Waals surface area contributed by atoms with Crippen molar-refractivity contribution in [1.29, 1.82) is 0 Å². The molecule has 2 rings (SSSR count). The smallest absolute Gasteiger partial charge is 0.231 e. The molecule has 0 fully saturated rings. The quantitative estimate of drug-likeness (QED) is 0.431. The first-order valence-electron chi connectivity index (χ1n) is 7.97. The van der Waals surface area contributed by atoms with Crippen LogP contribution in [0.5, 0.6) is 11.5 Å². The minimum atomic E-state index is 0.326. The first-order chi connectivity index (χ1) is 10.4. The number of fused-ring (bicyclic) bond motifs is 1. The third-order valence-electron chi connectivity index (χ3n) is 3.65. The summed E-state index contributed by atoms with van der Waals surface area (Å²) in [5.74, 6) is 1.66. The minimum absolute atomic E-state index is 0.326. The minimum Gasteiger partial charge on any atom is -0.454 e. The van der Waals surface area contributed by atoms with Crippen molar-refractivity contribution in [2.75, 3.05) is 13.4 Å². The molecule has 21 heavy (non-hydrogen) atoms. The van der Waals surface area contributed by atoms with Gasteiger partial charge < -0.3 is 14.2 Å². The molecule has 1 heterocycles. The molecule has 1 aliphatic rings. The zero-order chi connectivity index (χ0) is 14.8. The summed E-state index contributed by atoms with van der Waals surface area (Å²) in [6.07, 6.45) is 10.8. The number of rotatable bonds is 11. The van der Waals surface area contributed by atoms with E-state index in [1.807, 2.05) is 24.3 Å². The van der Waals surface area contributed by atoms with Crippen LogP contribution in [0.2, 0.25) is 0 Å². The van der Waals surface area contributed by atoms with Crippen LogP contribution in [0.15, 0.2) is 30.9 Å². The number of allylic oxidation sites excluding steroid dienone is 1. The average molecular weight is 290 g/mol. The SMILES string of the molecule is C=CCCCCCCCCOCc1ccc2c(c1)OCO2. The molecule has 1 aromatic carbocycles. The summed E-state index contributed by atoms with van der Waals surface area (Å²) in [6.45, 7) is 5.55. The van der Waals surface area contributed by atoms with Gasteiger partial charge in [0.25, 0.3) is 0 Å². The van der Waals surface area contributed by atoms with Crippen LogP contribution in [-0.4, -0.2) is 13.4 Å². The van der Waals surface area contributed by atoms with Crippen LogP contribution in [0, 0.1) is 0 Å².